The molecule has 1 aliphatic rings. The number of sulfonamides is 1. The van der Waals surface area contributed by atoms with Crippen LogP contribution in [0.3, 0.4) is 0 Å². The van der Waals surface area contributed by atoms with Gasteiger partial charge in [0.2, 0.25) is 15.9 Å². The molecule has 2 heterocycles. The van der Waals surface area contributed by atoms with Crippen molar-refractivity contribution in [3.8, 4) is 11.6 Å². The maximum atomic E-state index is 12.9. The average Bonchev–Trinajstić information content (AvgIpc) is 3.05. The molecular formula is C17H20N2O4S. The molecule has 3 rings (SSSR count). The summed E-state index contributed by atoms with van der Waals surface area (Å²) in [5, 5.41) is 0. The van der Waals surface area contributed by atoms with Gasteiger partial charge < -0.3 is 9.47 Å². The summed E-state index contributed by atoms with van der Waals surface area (Å²) in [6.07, 6.45) is 2.07. The van der Waals surface area contributed by atoms with Gasteiger partial charge in [-0.05, 0) is 37.1 Å². The Morgan fingerprint density at radius 1 is 1.25 bits per heavy atom. The number of benzene rings is 1. The van der Waals surface area contributed by atoms with E-state index in [-0.39, 0.29) is 11.0 Å². The van der Waals surface area contributed by atoms with Crippen molar-refractivity contribution in [2.45, 2.75) is 24.3 Å². The third-order valence-corrected chi connectivity index (χ3v) is 5.86. The van der Waals surface area contributed by atoms with Gasteiger partial charge in [-0.3, -0.25) is 0 Å². The highest BCUT2D eigenvalue weighted by atomic mass is 32.2. The van der Waals surface area contributed by atoms with E-state index in [1.54, 1.807) is 24.4 Å². The van der Waals surface area contributed by atoms with E-state index in [0.29, 0.717) is 31.1 Å². The number of hydrogen-bond acceptors (Lipinski definition) is 5. The van der Waals surface area contributed by atoms with Gasteiger partial charge in [-0.25, -0.2) is 13.4 Å². The van der Waals surface area contributed by atoms with Crippen LogP contribution in [0.1, 0.15) is 12.0 Å². The molecule has 7 heteroatoms. The van der Waals surface area contributed by atoms with Crippen LogP contribution in [0, 0.1) is 6.92 Å². The highest BCUT2D eigenvalue weighted by Gasteiger charge is 2.35. The van der Waals surface area contributed by atoms with Crippen LogP contribution in [0.4, 0.5) is 0 Å². The maximum Gasteiger partial charge on any atom is 0.246 e. The van der Waals surface area contributed by atoms with Gasteiger partial charge in [0.1, 0.15) is 16.7 Å². The van der Waals surface area contributed by atoms with Crippen molar-refractivity contribution < 1.29 is 17.9 Å². The molecule has 1 fully saturated rings. The Kier molecular flexibility index (Phi) is 4.73. The molecule has 6 nitrogen and oxygen atoms in total. The van der Waals surface area contributed by atoms with Gasteiger partial charge in [-0.2, -0.15) is 4.31 Å². The quantitative estimate of drug-likeness (QED) is 0.829. The van der Waals surface area contributed by atoms with E-state index < -0.39 is 10.0 Å². The van der Waals surface area contributed by atoms with Gasteiger partial charge in [-0.1, -0.05) is 12.1 Å². The first-order chi connectivity index (χ1) is 11.5. The third-order valence-electron chi connectivity index (χ3n) is 3.97. The smallest absolute Gasteiger partial charge is 0.246 e. The molecule has 1 unspecified atom stereocenters. The Balaban J connectivity index is 1.78. The summed E-state index contributed by atoms with van der Waals surface area (Å²) in [5.74, 6) is 0.865. The van der Waals surface area contributed by atoms with Crippen molar-refractivity contribution in [3.05, 3.63) is 48.2 Å². The van der Waals surface area contributed by atoms with Crippen molar-refractivity contribution in [2.24, 2.45) is 0 Å². The van der Waals surface area contributed by atoms with E-state index in [9.17, 15) is 8.42 Å². The summed E-state index contributed by atoms with van der Waals surface area (Å²) in [4.78, 5) is 4.31. The second-order valence-electron chi connectivity index (χ2n) is 5.71. The molecule has 0 N–H and O–H groups in total. The van der Waals surface area contributed by atoms with E-state index in [1.165, 1.54) is 11.4 Å². The van der Waals surface area contributed by atoms with Gasteiger partial charge in [0.15, 0.2) is 0 Å². The zero-order valence-electron chi connectivity index (χ0n) is 13.7. The highest BCUT2D eigenvalue weighted by Crippen LogP contribution is 2.30. The first kappa shape index (κ1) is 16.7. The van der Waals surface area contributed by atoms with Crippen molar-refractivity contribution in [1.82, 2.24) is 9.29 Å². The van der Waals surface area contributed by atoms with Crippen LogP contribution in [-0.2, 0) is 10.0 Å². The van der Waals surface area contributed by atoms with Crippen LogP contribution in [-0.4, -0.2) is 44.0 Å². The number of methoxy groups -OCH3 is 1. The minimum Gasteiger partial charge on any atom is -0.495 e. The van der Waals surface area contributed by atoms with Crippen LogP contribution >= 0.6 is 0 Å². The number of rotatable bonds is 5. The van der Waals surface area contributed by atoms with Gasteiger partial charge in [-0.15, -0.1) is 0 Å². The molecule has 1 aliphatic heterocycles. The SMILES string of the molecule is COc1ccc(C)cc1S(=O)(=O)N1CCC(Oc2ccccn2)C1. The molecule has 1 saturated heterocycles. The summed E-state index contributed by atoms with van der Waals surface area (Å²) < 4.78 is 38.3. The van der Waals surface area contributed by atoms with Crippen LogP contribution in [0.15, 0.2) is 47.5 Å². The number of hydrogen-bond donors (Lipinski definition) is 0. The van der Waals surface area contributed by atoms with E-state index in [2.05, 4.69) is 4.98 Å². The summed E-state index contributed by atoms with van der Waals surface area (Å²) in [6.45, 7) is 2.57. The first-order valence-electron chi connectivity index (χ1n) is 7.73. The predicted octanol–water partition coefficient (Wildman–Crippen LogP) is 2.24. The summed E-state index contributed by atoms with van der Waals surface area (Å²) in [6, 6.07) is 10.6. The number of nitrogens with zero attached hydrogens (tertiary/aromatic N) is 2. The Morgan fingerprint density at radius 3 is 2.79 bits per heavy atom. The number of aromatic nitrogens is 1. The zero-order chi connectivity index (χ0) is 17.2. The minimum atomic E-state index is -3.62. The number of pyridine rings is 1. The van der Waals surface area contributed by atoms with Crippen molar-refractivity contribution in [1.29, 1.82) is 0 Å². The Morgan fingerprint density at radius 2 is 2.08 bits per heavy atom. The van der Waals surface area contributed by atoms with Gasteiger partial charge >= 0.3 is 0 Å². The molecule has 2 aromatic rings. The molecule has 1 atom stereocenters. The Bertz CT molecular complexity index is 809. The second-order valence-corrected chi connectivity index (χ2v) is 7.62. The molecule has 24 heavy (non-hydrogen) atoms. The van der Waals surface area contributed by atoms with Crippen LogP contribution < -0.4 is 9.47 Å². The topological polar surface area (TPSA) is 68.7 Å². The minimum absolute atomic E-state index is 0.198. The monoisotopic (exact) mass is 348 g/mol. The van der Waals surface area contributed by atoms with E-state index in [4.69, 9.17) is 9.47 Å². The van der Waals surface area contributed by atoms with E-state index >= 15 is 0 Å². The lowest BCUT2D eigenvalue weighted by Crippen LogP contribution is -2.31. The van der Waals surface area contributed by atoms with Crippen LogP contribution in [0.25, 0.3) is 0 Å². The van der Waals surface area contributed by atoms with E-state index in [1.807, 2.05) is 25.1 Å². The molecule has 1 aromatic carbocycles. The normalized spacial score (nSPS) is 18.5. The van der Waals surface area contributed by atoms with Crippen molar-refractivity contribution in [2.75, 3.05) is 20.2 Å². The lowest BCUT2D eigenvalue weighted by molar-refractivity contribution is 0.207. The Hall–Kier alpha value is -2.12. The van der Waals surface area contributed by atoms with Crippen molar-refractivity contribution >= 4 is 10.0 Å². The van der Waals surface area contributed by atoms with Crippen LogP contribution in [0.2, 0.25) is 0 Å². The molecule has 0 saturated carbocycles. The second kappa shape index (κ2) is 6.78. The molecule has 0 radical (unpaired) electrons. The maximum absolute atomic E-state index is 12.9. The third kappa shape index (κ3) is 3.37. The molecule has 0 bridgehead atoms. The standard InChI is InChI=1S/C17H20N2O4S/c1-13-6-7-15(22-2)16(11-13)24(20,21)19-10-8-14(12-19)23-17-5-3-4-9-18-17/h3-7,9,11,14H,8,10,12H2,1-2H3. The fourth-order valence-electron chi connectivity index (χ4n) is 2.72. The average molecular weight is 348 g/mol. The molecule has 1 aromatic heterocycles. The molecule has 0 amide bonds. The highest BCUT2D eigenvalue weighted by molar-refractivity contribution is 7.89. The Labute approximate surface area is 142 Å². The fraction of sp³-hybridized carbons (Fsp3) is 0.353. The first-order valence-corrected chi connectivity index (χ1v) is 9.17. The van der Waals surface area contributed by atoms with Crippen molar-refractivity contribution in [3.63, 3.8) is 0 Å². The van der Waals surface area contributed by atoms with Gasteiger partial charge in [0, 0.05) is 18.8 Å². The molecule has 0 spiro atoms. The van der Waals surface area contributed by atoms with Gasteiger partial charge in [0.25, 0.3) is 0 Å². The molecule has 128 valence electrons. The largest absolute Gasteiger partial charge is 0.495 e. The fourth-order valence-corrected chi connectivity index (χ4v) is 4.45. The molecular weight excluding hydrogens is 328 g/mol. The lowest BCUT2D eigenvalue weighted by atomic mass is 10.2. The number of ether oxygens (including phenoxy) is 2. The summed E-state index contributed by atoms with van der Waals surface area (Å²) >= 11 is 0. The van der Waals surface area contributed by atoms with Crippen LogP contribution in [0.5, 0.6) is 11.6 Å². The predicted molar refractivity (Wildman–Crippen MR) is 89.8 cm³/mol. The molecule has 0 aliphatic carbocycles. The summed E-state index contributed by atoms with van der Waals surface area (Å²) in [5.41, 5.74) is 0.870. The zero-order valence-corrected chi connectivity index (χ0v) is 14.5. The van der Waals surface area contributed by atoms with E-state index in [0.717, 1.165) is 5.56 Å². The lowest BCUT2D eigenvalue weighted by Gasteiger charge is -2.19. The number of aryl methyl sites for hydroxylation is 1. The summed E-state index contributed by atoms with van der Waals surface area (Å²) in [7, 11) is -2.15. The van der Waals surface area contributed by atoms with Gasteiger partial charge in [0.05, 0.1) is 13.7 Å².